The van der Waals surface area contributed by atoms with Crippen molar-refractivity contribution in [1.29, 1.82) is 0 Å². The third kappa shape index (κ3) is 3.43. The maximum atomic E-state index is 12.1. The molecule has 2 atom stereocenters. The van der Waals surface area contributed by atoms with Crippen molar-refractivity contribution in [2.45, 2.75) is 20.3 Å². The Bertz CT molecular complexity index is 503. The van der Waals surface area contributed by atoms with Crippen LogP contribution in [0.3, 0.4) is 0 Å². The van der Waals surface area contributed by atoms with Crippen molar-refractivity contribution in [2.24, 2.45) is 11.8 Å². The van der Waals surface area contributed by atoms with Crippen LogP contribution >= 0.6 is 0 Å². The molecule has 0 saturated carbocycles. The highest BCUT2D eigenvalue weighted by atomic mass is 16.4. The van der Waals surface area contributed by atoms with Gasteiger partial charge < -0.3 is 15.3 Å². The molecule has 0 radical (unpaired) electrons. The fourth-order valence-electron chi connectivity index (χ4n) is 2.36. The SMILES string of the molecule is Cc1ncc(NC(=O)N2CC(C)CC(C(=O)O)C2)cn1. The summed E-state index contributed by atoms with van der Waals surface area (Å²) in [6, 6.07) is -0.310. The van der Waals surface area contributed by atoms with Crippen molar-refractivity contribution in [2.75, 3.05) is 18.4 Å². The fourth-order valence-corrected chi connectivity index (χ4v) is 2.36. The Morgan fingerprint density at radius 2 is 2.00 bits per heavy atom. The van der Waals surface area contributed by atoms with Crippen LogP contribution in [0.2, 0.25) is 0 Å². The van der Waals surface area contributed by atoms with E-state index in [4.69, 9.17) is 5.11 Å². The van der Waals surface area contributed by atoms with Gasteiger partial charge in [-0.2, -0.15) is 0 Å². The number of aryl methyl sites for hydroxylation is 1. The fraction of sp³-hybridized carbons (Fsp3) is 0.538. The highest BCUT2D eigenvalue weighted by Gasteiger charge is 2.31. The maximum Gasteiger partial charge on any atom is 0.321 e. The Kier molecular flexibility index (Phi) is 4.16. The van der Waals surface area contributed by atoms with Crippen LogP contribution < -0.4 is 5.32 Å². The summed E-state index contributed by atoms with van der Waals surface area (Å²) in [5, 5.41) is 11.8. The Morgan fingerprint density at radius 1 is 1.35 bits per heavy atom. The molecule has 0 aliphatic carbocycles. The van der Waals surface area contributed by atoms with Crippen LogP contribution in [0.5, 0.6) is 0 Å². The van der Waals surface area contributed by atoms with E-state index >= 15 is 0 Å². The van der Waals surface area contributed by atoms with Crippen LogP contribution in [0.15, 0.2) is 12.4 Å². The monoisotopic (exact) mass is 278 g/mol. The lowest BCUT2D eigenvalue weighted by Crippen LogP contribution is -2.47. The summed E-state index contributed by atoms with van der Waals surface area (Å²) in [4.78, 5) is 32.7. The quantitative estimate of drug-likeness (QED) is 0.851. The first-order valence-corrected chi connectivity index (χ1v) is 6.53. The Morgan fingerprint density at radius 3 is 2.60 bits per heavy atom. The number of nitrogens with zero attached hydrogens (tertiary/aromatic N) is 3. The topological polar surface area (TPSA) is 95.4 Å². The molecule has 108 valence electrons. The minimum absolute atomic E-state index is 0.171. The summed E-state index contributed by atoms with van der Waals surface area (Å²) in [7, 11) is 0. The van der Waals surface area contributed by atoms with Gasteiger partial charge >= 0.3 is 12.0 Å². The molecule has 2 heterocycles. The van der Waals surface area contributed by atoms with Gasteiger partial charge in [-0.1, -0.05) is 6.92 Å². The first kappa shape index (κ1) is 14.2. The van der Waals surface area contributed by atoms with Gasteiger partial charge in [-0.3, -0.25) is 4.79 Å². The maximum absolute atomic E-state index is 12.1. The first-order valence-electron chi connectivity index (χ1n) is 6.53. The molecule has 0 aromatic carbocycles. The molecule has 1 aliphatic heterocycles. The summed E-state index contributed by atoms with van der Waals surface area (Å²) in [6.45, 7) is 4.50. The van der Waals surface area contributed by atoms with Crippen LogP contribution in [-0.4, -0.2) is 45.1 Å². The van der Waals surface area contributed by atoms with E-state index < -0.39 is 11.9 Å². The van der Waals surface area contributed by atoms with Crippen molar-refractivity contribution in [3.8, 4) is 0 Å². The Labute approximate surface area is 117 Å². The number of hydrogen-bond acceptors (Lipinski definition) is 4. The number of aliphatic carboxylic acids is 1. The number of piperidine rings is 1. The van der Waals surface area contributed by atoms with Gasteiger partial charge in [-0.15, -0.1) is 0 Å². The number of nitrogens with one attached hydrogen (secondary N) is 1. The van der Waals surface area contributed by atoms with E-state index in [1.165, 1.54) is 17.3 Å². The van der Waals surface area contributed by atoms with E-state index in [1.807, 2.05) is 6.92 Å². The minimum Gasteiger partial charge on any atom is -0.481 e. The zero-order valence-electron chi connectivity index (χ0n) is 11.5. The second-order valence-corrected chi connectivity index (χ2v) is 5.23. The standard InChI is InChI=1S/C13H18N4O3/c1-8-3-10(12(18)19)7-17(6-8)13(20)16-11-4-14-9(2)15-5-11/h4-5,8,10H,3,6-7H2,1-2H3,(H,16,20)(H,18,19). The summed E-state index contributed by atoms with van der Waals surface area (Å²) in [5.74, 6) is -0.558. The number of carbonyl (C=O) groups is 2. The van der Waals surface area contributed by atoms with Gasteiger partial charge in [0.05, 0.1) is 24.0 Å². The molecular formula is C13H18N4O3. The van der Waals surface area contributed by atoms with E-state index in [1.54, 1.807) is 6.92 Å². The molecular weight excluding hydrogens is 260 g/mol. The van der Waals surface area contributed by atoms with Crippen molar-refractivity contribution < 1.29 is 14.7 Å². The van der Waals surface area contributed by atoms with Gasteiger partial charge in [0.1, 0.15) is 5.82 Å². The molecule has 20 heavy (non-hydrogen) atoms. The normalized spacial score (nSPS) is 22.4. The lowest BCUT2D eigenvalue weighted by molar-refractivity contribution is -0.143. The lowest BCUT2D eigenvalue weighted by Gasteiger charge is -2.34. The molecule has 1 fully saturated rings. The number of carboxylic acid groups (broad SMARTS) is 1. The molecule has 1 aromatic rings. The van der Waals surface area contributed by atoms with Crippen molar-refractivity contribution in [3.05, 3.63) is 18.2 Å². The summed E-state index contributed by atoms with van der Waals surface area (Å²) in [5.41, 5.74) is 0.505. The number of urea groups is 1. The van der Waals surface area contributed by atoms with Gasteiger partial charge in [0.15, 0.2) is 0 Å². The molecule has 0 bridgehead atoms. The van der Waals surface area contributed by atoms with Gasteiger partial charge in [0.25, 0.3) is 0 Å². The average Bonchev–Trinajstić information content (AvgIpc) is 2.40. The second-order valence-electron chi connectivity index (χ2n) is 5.23. The smallest absolute Gasteiger partial charge is 0.321 e. The predicted octanol–water partition coefficient (Wildman–Crippen LogP) is 1.36. The third-order valence-corrected chi connectivity index (χ3v) is 3.33. The molecule has 7 heteroatoms. The van der Waals surface area contributed by atoms with Crippen LogP contribution in [0.1, 0.15) is 19.2 Å². The first-order chi connectivity index (χ1) is 9.45. The molecule has 1 aromatic heterocycles. The van der Waals surface area contributed by atoms with Crippen LogP contribution in [0.25, 0.3) is 0 Å². The number of anilines is 1. The summed E-state index contributed by atoms with van der Waals surface area (Å²) < 4.78 is 0. The molecule has 2 rings (SSSR count). The third-order valence-electron chi connectivity index (χ3n) is 3.33. The average molecular weight is 278 g/mol. The highest BCUT2D eigenvalue weighted by molar-refractivity contribution is 5.89. The number of carbonyl (C=O) groups excluding carboxylic acids is 1. The van der Waals surface area contributed by atoms with Gasteiger partial charge in [0.2, 0.25) is 0 Å². The zero-order chi connectivity index (χ0) is 14.7. The van der Waals surface area contributed by atoms with Crippen molar-refractivity contribution in [3.63, 3.8) is 0 Å². The largest absolute Gasteiger partial charge is 0.481 e. The molecule has 0 spiro atoms. The van der Waals surface area contributed by atoms with Crippen molar-refractivity contribution >= 4 is 17.7 Å². The Hall–Kier alpha value is -2.18. The van der Waals surface area contributed by atoms with E-state index in [0.29, 0.717) is 24.5 Å². The number of carboxylic acids is 1. The molecule has 2 N–H and O–H groups in total. The zero-order valence-corrected chi connectivity index (χ0v) is 11.5. The van der Waals surface area contributed by atoms with E-state index in [0.717, 1.165) is 0 Å². The molecule has 7 nitrogen and oxygen atoms in total. The van der Waals surface area contributed by atoms with E-state index in [9.17, 15) is 9.59 Å². The Balaban J connectivity index is 2.01. The summed E-state index contributed by atoms with van der Waals surface area (Å²) >= 11 is 0. The lowest BCUT2D eigenvalue weighted by atomic mass is 9.91. The number of hydrogen-bond donors (Lipinski definition) is 2. The van der Waals surface area contributed by atoms with Crippen molar-refractivity contribution in [1.82, 2.24) is 14.9 Å². The van der Waals surface area contributed by atoms with Crippen LogP contribution in [-0.2, 0) is 4.79 Å². The molecule has 1 aliphatic rings. The second kappa shape index (κ2) is 5.85. The molecule has 2 amide bonds. The number of aromatic nitrogens is 2. The molecule has 2 unspecified atom stereocenters. The summed E-state index contributed by atoms with van der Waals surface area (Å²) in [6.07, 6.45) is 3.66. The predicted molar refractivity (Wildman–Crippen MR) is 72.3 cm³/mol. The minimum atomic E-state index is -0.854. The van der Waals surface area contributed by atoms with Gasteiger partial charge in [0, 0.05) is 13.1 Å². The van der Waals surface area contributed by atoms with E-state index in [-0.39, 0.29) is 18.5 Å². The van der Waals surface area contributed by atoms with E-state index in [2.05, 4.69) is 15.3 Å². The number of amides is 2. The van der Waals surface area contributed by atoms with Crippen LogP contribution in [0, 0.1) is 18.8 Å². The van der Waals surface area contributed by atoms with Gasteiger partial charge in [-0.05, 0) is 19.3 Å². The molecule has 1 saturated heterocycles. The number of rotatable bonds is 2. The van der Waals surface area contributed by atoms with Gasteiger partial charge in [-0.25, -0.2) is 14.8 Å². The van der Waals surface area contributed by atoms with Crippen LogP contribution in [0.4, 0.5) is 10.5 Å². The number of likely N-dealkylation sites (tertiary alicyclic amines) is 1. The highest BCUT2D eigenvalue weighted by Crippen LogP contribution is 2.22.